The molecular formula is C25H20N2OS. The van der Waals surface area contributed by atoms with E-state index >= 15 is 0 Å². The Kier molecular flexibility index (Phi) is 4.70. The number of fused-ring (bicyclic) bond motifs is 3. The molecule has 4 heteroatoms. The third-order valence-electron chi connectivity index (χ3n) is 4.84. The molecule has 0 amide bonds. The van der Waals surface area contributed by atoms with E-state index in [1.807, 2.05) is 25.1 Å². The molecule has 0 N–H and O–H groups in total. The van der Waals surface area contributed by atoms with Crippen molar-refractivity contribution in [3.8, 4) is 17.1 Å². The van der Waals surface area contributed by atoms with Gasteiger partial charge in [0.1, 0.15) is 16.6 Å². The third kappa shape index (κ3) is 3.36. The minimum atomic E-state index is 0.659. The molecule has 2 aromatic heterocycles. The third-order valence-corrected chi connectivity index (χ3v) is 5.84. The normalized spacial score (nSPS) is 11.2. The Morgan fingerprint density at radius 3 is 2.31 bits per heavy atom. The van der Waals surface area contributed by atoms with Gasteiger partial charge in [-0.05, 0) is 43.3 Å². The van der Waals surface area contributed by atoms with Gasteiger partial charge < -0.3 is 4.74 Å². The SMILES string of the molecule is CCOc1ccc2c(ccc3c(Sc4ccccc4)nc(-c4ccccc4)n32)c1. The molecule has 0 atom stereocenters. The second kappa shape index (κ2) is 7.64. The van der Waals surface area contributed by atoms with Crippen molar-refractivity contribution in [3.63, 3.8) is 0 Å². The summed E-state index contributed by atoms with van der Waals surface area (Å²) in [4.78, 5) is 6.24. The maximum absolute atomic E-state index is 5.70. The summed E-state index contributed by atoms with van der Waals surface area (Å²) >= 11 is 1.70. The molecule has 142 valence electrons. The van der Waals surface area contributed by atoms with Crippen LogP contribution in [-0.4, -0.2) is 16.0 Å². The lowest BCUT2D eigenvalue weighted by atomic mass is 10.1. The zero-order chi connectivity index (χ0) is 19.6. The van der Waals surface area contributed by atoms with E-state index in [1.54, 1.807) is 11.8 Å². The monoisotopic (exact) mass is 396 g/mol. The number of rotatable bonds is 5. The van der Waals surface area contributed by atoms with Crippen LogP contribution in [0, 0.1) is 0 Å². The fourth-order valence-electron chi connectivity index (χ4n) is 3.55. The predicted octanol–water partition coefficient (Wildman–Crippen LogP) is 6.70. The van der Waals surface area contributed by atoms with E-state index in [2.05, 4.69) is 77.2 Å². The van der Waals surface area contributed by atoms with Crippen LogP contribution in [0.5, 0.6) is 5.75 Å². The van der Waals surface area contributed by atoms with Gasteiger partial charge in [-0.15, -0.1) is 0 Å². The van der Waals surface area contributed by atoms with E-state index in [-0.39, 0.29) is 0 Å². The molecule has 0 spiro atoms. The van der Waals surface area contributed by atoms with Crippen LogP contribution in [0.1, 0.15) is 6.92 Å². The highest BCUT2D eigenvalue weighted by molar-refractivity contribution is 7.99. The molecule has 3 aromatic carbocycles. The van der Waals surface area contributed by atoms with Gasteiger partial charge in [-0.3, -0.25) is 4.40 Å². The summed E-state index contributed by atoms with van der Waals surface area (Å²) in [6, 6.07) is 31.3. The van der Waals surface area contributed by atoms with Gasteiger partial charge in [0.05, 0.1) is 17.6 Å². The van der Waals surface area contributed by atoms with Crippen molar-refractivity contribution in [1.29, 1.82) is 0 Å². The van der Waals surface area contributed by atoms with Gasteiger partial charge in [0.15, 0.2) is 0 Å². The van der Waals surface area contributed by atoms with E-state index in [4.69, 9.17) is 9.72 Å². The zero-order valence-electron chi connectivity index (χ0n) is 16.1. The first-order valence-corrected chi connectivity index (χ1v) is 10.5. The van der Waals surface area contributed by atoms with Crippen molar-refractivity contribution in [2.24, 2.45) is 0 Å². The van der Waals surface area contributed by atoms with Crippen LogP contribution in [0.4, 0.5) is 0 Å². The second-order valence-corrected chi connectivity index (χ2v) is 7.79. The first-order chi connectivity index (χ1) is 14.3. The van der Waals surface area contributed by atoms with E-state index < -0.39 is 0 Å². The predicted molar refractivity (Wildman–Crippen MR) is 120 cm³/mol. The Morgan fingerprint density at radius 1 is 0.828 bits per heavy atom. The lowest BCUT2D eigenvalue weighted by Gasteiger charge is -2.09. The quantitative estimate of drug-likeness (QED) is 0.330. The van der Waals surface area contributed by atoms with Crippen molar-refractivity contribution >= 4 is 28.2 Å². The van der Waals surface area contributed by atoms with Crippen LogP contribution in [0.15, 0.2) is 101 Å². The standard InChI is InChI=1S/C25H20N2OS/c1-2-28-20-14-16-22-19(17-20)13-15-23-25(29-21-11-7-4-8-12-21)26-24(27(22)23)18-9-5-3-6-10-18/h3-17H,2H2,1H3. The van der Waals surface area contributed by atoms with Crippen molar-refractivity contribution in [2.75, 3.05) is 6.61 Å². The summed E-state index contributed by atoms with van der Waals surface area (Å²) in [5.41, 5.74) is 3.33. The number of hydrogen-bond acceptors (Lipinski definition) is 3. The first-order valence-electron chi connectivity index (χ1n) is 9.70. The van der Waals surface area contributed by atoms with Crippen LogP contribution in [0.3, 0.4) is 0 Å². The summed E-state index contributed by atoms with van der Waals surface area (Å²) in [7, 11) is 0. The number of hydrogen-bond donors (Lipinski definition) is 0. The van der Waals surface area contributed by atoms with Gasteiger partial charge in [-0.2, -0.15) is 0 Å². The molecule has 0 aliphatic heterocycles. The molecule has 0 saturated heterocycles. The summed E-state index contributed by atoms with van der Waals surface area (Å²) in [6.07, 6.45) is 0. The van der Waals surface area contributed by atoms with E-state index in [1.165, 1.54) is 4.90 Å². The molecule has 5 aromatic rings. The summed E-state index contributed by atoms with van der Waals surface area (Å²) in [5, 5.41) is 2.14. The minimum absolute atomic E-state index is 0.659. The molecule has 0 saturated carbocycles. The van der Waals surface area contributed by atoms with Gasteiger partial charge in [-0.25, -0.2) is 4.98 Å². The van der Waals surface area contributed by atoms with Gasteiger partial charge in [0.25, 0.3) is 0 Å². The highest BCUT2D eigenvalue weighted by atomic mass is 32.2. The van der Waals surface area contributed by atoms with Gasteiger partial charge in [0.2, 0.25) is 0 Å². The molecule has 0 bridgehead atoms. The number of imidazole rings is 1. The van der Waals surface area contributed by atoms with Crippen molar-refractivity contribution in [1.82, 2.24) is 9.38 Å². The molecular weight excluding hydrogens is 376 g/mol. The van der Waals surface area contributed by atoms with Gasteiger partial charge in [-0.1, -0.05) is 66.4 Å². The number of nitrogens with zero attached hydrogens (tertiary/aromatic N) is 2. The molecule has 0 fully saturated rings. The average molecular weight is 397 g/mol. The fraction of sp³-hybridized carbons (Fsp3) is 0.0800. The lowest BCUT2D eigenvalue weighted by Crippen LogP contribution is -1.94. The molecule has 5 rings (SSSR count). The maximum Gasteiger partial charge on any atom is 0.146 e. The zero-order valence-corrected chi connectivity index (χ0v) is 16.9. The molecule has 0 radical (unpaired) electrons. The average Bonchev–Trinajstić information content (AvgIpc) is 3.14. The summed E-state index contributed by atoms with van der Waals surface area (Å²) in [6.45, 7) is 2.66. The van der Waals surface area contributed by atoms with Gasteiger partial charge in [0, 0.05) is 15.8 Å². The number of ether oxygens (including phenoxy) is 1. The summed E-state index contributed by atoms with van der Waals surface area (Å²) < 4.78 is 7.95. The van der Waals surface area contributed by atoms with E-state index in [0.29, 0.717) is 6.61 Å². The number of pyridine rings is 1. The Bertz CT molecular complexity index is 1280. The number of benzene rings is 3. The highest BCUT2D eigenvalue weighted by Crippen LogP contribution is 2.36. The first kappa shape index (κ1) is 17.8. The Balaban J connectivity index is 1.75. The Hall–Kier alpha value is -3.24. The fourth-order valence-corrected chi connectivity index (χ4v) is 4.47. The van der Waals surface area contributed by atoms with Crippen molar-refractivity contribution < 1.29 is 4.74 Å². The Labute approximate surface area is 174 Å². The maximum atomic E-state index is 5.70. The Morgan fingerprint density at radius 2 is 1.55 bits per heavy atom. The van der Waals surface area contributed by atoms with Gasteiger partial charge >= 0.3 is 0 Å². The number of aromatic nitrogens is 2. The molecule has 0 unspecified atom stereocenters. The van der Waals surface area contributed by atoms with E-state index in [0.717, 1.165) is 38.6 Å². The molecule has 2 heterocycles. The molecule has 29 heavy (non-hydrogen) atoms. The second-order valence-electron chi connectivity index (χ2n) is 6.73. The highest BCUT2D eigenvalue weighted by Gasteiger charge is 2.16. The van der Waals surface area contributed by atoms with E-state index in [9.17, 15) is 0 Å². The smallest absolute Gasteiger partial charge is 0.146 e. The van der Waals surface area contributed by atoms with Crippen LogP contribution in [0.25, 0.3) is 27.8 Å². The molecule has 0 aliphatic carbocycles. The van der Waals surface area contributed by atoms with Crippen LogP contribution < -0.4 is 4.74 Å². The van der Waals surface area contributed by atoms with Crippen molar-refractivity contribution in [2.45, 2.75) is 16.8 Å². The molecule has 0 aliphatic rings. The van der Waals surface area contributed by atoms with Crippen LogP contribution >= 0.6 is 11.8 Å². The van der Waals surface area contributed by atoms with Crippen LogP contribution in [0.2, 0.25) is 0 Å². The summed E-state index contributed by atoms with van der Waals surface area (Å²) in [5.74, 6) is 1.84. The van der Waals surface area contributed by atoms with Crippen molar-refractivity contribution in [3.05, 3.63) is 91.0 Å². The largest absolute Gasteiger partial charge is 0.494 e. The molecule has 3 nitrogen and oxygen atoms in total. The lowest BCUT2D eigenvalue weighted by molar-refractivity contribution is 0.340. The van der Waals surface area contributed by atoms with Crippen LogP contribution in [-0.2, 0) is 0 Å². The minimum Gasteiger partial charge on any atom is -0.494 e. The topological polar surface area (TPSA) is 26.5 Å².